The Bertz CT molecular complexity index is 620. The molecule has 1 aromatic carbocycles. The van der Waals surface area contributed by atoms with E-state index in [1.165, 1.54) is 0 Å². The summed E-state index contributed by atoms with van der Waals surface area (Å²) in [6.45, 7) is 2.14. The summed E-state index contributed by atoms with van der Waals surface area (Å²) >= 11 is 0. The molecule has 112 valence electrons. The Balaban J connectivity index is 2.42. The number of para-hydroxylation sites is 1. The van der Waals surface area contributed by atoms with E-state index in [1.54, 1.807) is 10.9 Å². The summed E-state index contributed by atoms with van der Waals surface area (Å²) in [4.78, 5) is 11.3. The number of carboxylic acids is 1. The molecule has 0 unspecified atom stereocenters. The zero-order valence-corrected chi connectivity index (χ0v) is 12.1. The van der Waals surface area contributed by atoms with Crippen molar-refractivity contribution in [1.82, 2.24) is 9.78 Å². The molecule has 0 fully saturated rings. The largest absolute Gasteiger partial charge is 0.476 e. The van der Waals surface area contributed by atoms with Gasteiger partial charge in [0.15, 0.2) is 5.69 Å². The van der Waals surface area contributed by atoms with Crippen molar-refractivity contribution in [2.45, 2.75) is 32.6 Å². The van der Waals surface area contributed by atoms with Crippen LogP contribution >= 0.6 is 0 Å². The van der Waals surface area contributed by atoms with Gasteiger partial charge in [-0.25, -0.2) is 9.48 Å². The molecule has 0 aliphatic carbocycles. The van der Waals surface area contributed by atoms with Crippen molar-refractivity contribution in [2.75, 3.05) is 6.61 Å². The molecular formula is C16H20N2O3. The van der Waals surface area contributed by atoms with Crippen molar-refractivity contribution < 1.29 is 15.0 Å². The van der Waals surface area contributed by atoms with Crippen LogP contribution in [0.3, 0.4) is 0 Å². The second-order valence-electron chi connectivity index (χ2n) is 4.96. The van der Waals surface area contributed by atoms with E-state index < -0.39 is 5.97 Å². The fourth-order valence-electron chi connectivity index (χ4n) is 2.38. The molecule has 0 aliphatic heterocycles. The standard InChI is InChI=1S/C16H20N2O3/c1-2-6-12-7-3-4-9-14(12)18-11-13(8-5-10-19)15(17-18)16(20)21/h3-4,7,9,11,19H,2,5-6,8,10H2,1H3,(H,20,21). The Hall–Kier alpha value is -2.14. The lowest BCUT2D eigenvalue weighted by Gasteiger charge is -2.08. The third-order valence-electron chi connectivity index (χ3n) is 3.35. The normalized spacial score (nSPS) is 10.8. The molecule has 0 atom stereocenters. The van der Waals surface area contributed by atoms with Crippen LogP contribution in [0.5, 0.6) is 0 Å². The third-order valence-corrected chi connectivity index (χ3v) is 3.35. The molecule has 5 nitrogen and oxygen atoms in total. The molecular weight excluding hydrogens is 268 g/mol. The molecule has 0 saturated heterocycles. The van der Waals surface area contributed by atoms with Crippen LogP contribution in [0.25, 0.3) is 5.69 Å². The maximum atomic E-state index is 11.3. The average Bonchev–Trinajstić information content (AvgIpc) is 2.90. The summed E-state index contributed by atoms with van der Waals surface area (Å²) in [5.41, 5.74) is 2.78. The second-order valence-corrected chi connectivity index (χ2v) is 4.96. The molecule has 2 N–H and O–H groups in total. The summed E-state index contributed by atoms with van der Waals surface area (Å²) < 4.78 is 1.64. The van der Waals surface area contributed by atoms with Crippen LogP contribution in [0, 0.1) is 0 Å². The minimum absolute atomic E-state index is 0.0384. The Morgan fingerprint density at radius 3 is 2.67 bits per heavy atom. The summed E-state index contributed by atoms with van der Waals surface area (Å²) in [7, 11) is 0. The number of hydrogen-bond donors (Lipinski definition) is 2. The van der Waals surface area contributed by atoms with Crippen LogP contribution in [0.1, 0.15) is 41.4 Å². The lowest BCUT2D eigenvalue weighted by Crippen LogP contribution is -2.04. The highest BCUT2D eigenvalue weighted by Gasteiger charge is 2.17. The Morgan fingerprint density at radius 2 is 2.00 bits per heavy atom. The first kappa shape index (κ1) is 15.3. The number of aliphatic hydroxyl groups excluding tert-OH is 1. The van der Waals surface area contributed by atoms with Gasteiger partial charge in [0.25, 0.3) is 0 Å². The lowest BCUT2D eigenvalue weighted by molar-refractivity contribution is 0.0688. The predicted octanol–water partition coefficient (Wildman–Crippen LogP) is 2.45. The van der Waals surface area contributed by atoms with E-state index in [1.807, 2.05) is 24.3 Å². The number of aryl methyl sites for hydroxylation is 2. The van der Waals surface area contributed by atoms with E-state index in [2.05, 4.69) is 12.0 Å². The minimum atomic E-state index is -1.03. The lowest BCUT2D eigenvalue weighted by atomic mass is 10.1. The second kappa shape index (κ2) is 7.04. The van der Waals surface area contributed by atoms with E-state index in [0.29, 0.717) is 18.4 Å². The van der Waals surface area contributed by atoms with Gasteiger partial charge in [-0.05, 0) is 30.9 Å². The summed E-state index contributed by atoms with van der Waals surface area (Å²) in [5.74, 6) is -1.03. The van der Waals surface area contributed by atoms with Crippen molar-refractivity contribution in [3.63, 3.8) is 0 Å². The first-order valence-corrected chi connectivity index (χ1v) is 7.18. The molecule has 2 rings (SSSR count). The monoisotopic (exact) mass is 288 g/mol. The number of carbonyl (C=O) groups is 1. The number of benzene rings is 1. The number of aliphatic hydroxyl groups is 1. The van der Waals surface area contributed by atoms with E-state index in [9.17, 15) is 9.90 Å². The van der Waals surface area contributed by atoms with Gasteiger partial charge >= 0.3 is 5.97 Å². The maximum absolute atomic E-state index is 11.3. The van der Waals surface area contributed by atoms with Crippen molar-refractivity contribution >= 4 is 5.97 Å². The first-order chi connectivity index (χ1) is 10.2. The Morgan fingerprint density at radius 1 is 1.24 bits per heavy atom. The maximum Gasteiger partial charge on any atom is 0.356 e. The summed E-state index contributed by atoms with van der Waals surface area (Å²) in [6, 6.07) is 7.88. The number of hydrogen-bond acceptors (Lipinski definition) is 3. The van der Waals surface area contributed by atoms with E-state index in [-0.39, 0.29) is 12.3 Å². The van der Waals surface area contributed by atoms with Gasteiger partial charge in [-0.2, -0.15) is 5.10 Å². The SMILES string of the molecule is CCCc1ccccc1-n1cc(CCCO)c(C(=O)O)n1. The highest BCUT2D eigenvalue weighted by molar-refractivity contribution is 5.87. The fraction of sp³-hybridized carbons (Fsp3) is 0.375. The Kier molecular flexibility index (Phi) is 5.11. The molecule has 0 bridgehead atoms. The molecule has 5 heteroatoms. The number of nitrogens with zero attached hydrogens (tertiary/aromatic N) is 2. The predicted molar refractivity (Wildman–Crippen MR) is 79.9 cm³/mol. The van der Waals surface area contributed by atoms with Crippen molar-refractivity contribution in [3.8, 4) is 5.69 Å². The fourth-order valence-corrected chi connectivity index (χ4v) is 2.38. The van der Waals surface area contributed by atoms with Gasteiger partial charge in [0.2, 0.25) is 0 Å². The molecule has 2 aromatic rings. The topological polar surface area (TPSA) is 75.4 Å². The van der Waals surface area contributed by atoms with Gasteiger partial charge < -0.3 is 10.2 Å². The van der Waals surface area contributed by atoms with Crippen molar-refractivity contribution in [3.05, 3.63) is 47.3 Å². The Labute approximate surface area is 123 Å². The third kappa shape index (κ3) is 3.49. The van der Waals surface area contributed by atoms with Gasteiger partial charge in [-0.15, -0.1) is 0 Å². The van der Waals surface area contributed by atoms with Gasteiger partial charge in [0.05, 0.1) is 5.69 Å². The molecule has 0 spiro atoms. The molecule has 0 radical (unpaired) electrons. The zero-order chi connectivity index (χ0) is 15.2. The molecule has 0 aliphatic rings. The minimum Gasteiger partial charge on any atom is -0.476 e. The van der Waals surface area contributed by atoms with Crippen LogP contribution in [0.15, 0.2) is 30.5 Å². The zero-order valence-electron chi connectivity index (χ0n) is 12.1. The highest BCUT2D eigenvalue weighted by atomic mass is 16.4. The number of rotatable bonds is 7. The molecule has 0 amide bonds. The van der Waals surface area contributed by atoms with E-state index in [4.69, 9.17) is 5.11 Å². The average molecular weight is 288 g/mol. The molecule has 1 aromatic heterocycles. The van der Waals surface area contributed by atoms with Crippen LogP contribution < -0.4 is 0 Å². The van der Waals surface area contributed by atoms with E-state index in [0.717, 1.165) is 24.1 Å². The van der Waals surface area contributed by atoms with Gasteiger partial charge in [0.1, 0.15) is 0 Å². The van der Waals surface area contributed by atoms with Crippen LogP contribution in [0.4, 0.5) is 0 Å². The number of aromatic nitrogens is 2. The summed E-state index contributed by atoms with van der Waals surface area (Å²) in [6.07, 6.45) is 4.73. The molecule has 0 saturated carbocycles. The first-order valence-electron chi connectivity index (χ1n) is 7.18. The van der Waals surface area contributed by atoms with E-state index >= 15 is 0 Å². The number of aromatic carboxylic acids is 1. The van der Waals surface area contributed by atoms with Gasteiger partial charge in [-0.1, -0.05) is 31.5 Å². The van der Waals surface area contributed by atoms with Crippen molar-refractivity contribution in [2.24, 2.45) is 0 Å². The highest BCUT2D eigenvalue weighted by Crippen LogP contribution is 2.19. The van der Waals surface area contributed by atoms with Crippen molar-refractivity contribution in [1.29, 1.82) is 0 Å². The smallest absolute Gasteiger partial charge is 0.356 e. The summed E-state index contributed by atoms with van der Waals surface area (Å²) in [5, 5.41) is 22.4. The van der Waals surface area contributed by atoms with Crippen LogP contribution in [-0.2, 0) is 12.8 Å². The quantitative estimate of drug-likeness (QED) is 0.820. The molecule has 1 heterocycles. The van der Waals surface area contributed by atoms with Gasteiger partial charge in [-0.3, -0.25) is 0 Å². The number of carboxylic acid groups (broad SMARTS) is 1. The van der Waals surface area contributed by atoms with Crippen LogP contribution in [0.2, 0.25) is 0 Å². The molecule has 21 heavy (non-hydrogen) atoms. The van der Waals surface area contributed by atoms with Crippen LogP contribution in [-0.4, -0.2) is 32.6 Å². The van der Waals surface area contributed by atoms with Gasteiger partial charge in [0, 0.05) is 18.4 Å².